The molecule has 7 nitrogen and oxygen atoms in total. The number of pyridine rings is 1. The van der Waals surface area contributed by atoms with Crippen molar-refractivity contribution in [1.29, 1.82) is 0 Å². The van der Waals surface area contributed by atoms with Crippen LogP contribution in [0.25, 0.3) is 22.2 Å². The highest BCUT2D eigenvalue weighted by Crippen LogP contribution is 2.25. The van der Waals surface area contributed by atoms with Gasteiger partial charge in [0, 0.05) is 17.5 Å². The molecule has 0 unspecified atom stereocenters. The maximum absolute atomic E-state index is 13.2. The number of carbonyl (C=O) groups is 3. The lowest BCUT2D eigenvalue weighted by molar-refractivity contribution is -0.123. The molecule has 0 aliphatic rings. The molecule has 3 aromatic rings. The first kappa shape index (κ1) is 20.9. The Morgan fingerprint density at radius 1 is 1.07 bits per heavy atom. The zero-order chi connectivity index (χ0) is 21.5. The van der Waals surface area contributed by atoms with Gasteiger partial charge in [-0.15, -0.1) is 0 Å². The minimum atomic E-state index is -0.742. The number of imide groups is 1. The number of nitrogens with zero attached hydrogens (tertiary/aromatic N) is 1. The summed E-state index contributed by atoms with van der Waals surface area (Å²) < 4.78 is 18.3. The minimum Gasteiger partial charge on any atom is -0.452 e. The molecule has 0 saturated heterocycles. The van der Waals surface area contributed by atoms with Crippen LogP contribution in [-0.4, -0.2) is 36.0 Å². The van der Waals surface area contributed by atoms with Gasteiger partial charge >= 0.3 is 12.0 Å². The number of amides is 3. The molecule has 2 aromatic carbocycles. The summed E-state index contributed by atoms with van der Waals surface area (Å²) in [6.07, 6.45) is 0.724. The zero-order valence-corrected chi connectivity index (χ0v) is 16.3. The van der Waals surface area contributed by atoms with Crippen molar-refractivity contribution < 1.29 is 23.5 Å². The number of nitrogens with one attached hydrogen (secondary N) is 2. The lowest BCUT2D eigenvalue weighted by atomic mass is 10.0. The van der Waals surface area contributed by atoms with Crippen LogP contribution in [0.3, 0.4) is 0 Å². The van der Waals surface area contributed by atoms with E-state index in [-0.39, 0.29) is 11.4 Å². The number of carbonyl (C=O) groups excluding carboxylic acids is 3. The smallest absolute Gasteiger partial charge is 0.339 e. The molecule has 3 rings (SSSR count). The Balaban J connectivity index is 1.80. The summed E-state index contributed by atoms with van der Waals surface area (Å²) in [5, 5.41) is 5.13. The molecule has 0 aliphatic carbocycles. The van der Waals surface area contributed by atoms with Gasteiger partial charge in [0.25, 0.3) is 5.91 Å². The first-order valence-corrected chi connectivity index (χ1v) is 9.38. The van der Waals surface area contributed by atoms with Gasteiger partial charge in [-0.05, 0) is 42.8 Å². The molecule has 154 valence electrons. The van der Waals surface area contributed by atoms with Gasteiger partial charge in [0.1, 0.15) is 5.82 Å². The van der Waals surface area contributed by atoms with Crippen LogP contribution >= 0.6 is 0 Å². The van der Waals surface area contributed by atoms with Crippen LogP contribution in [0.4, 0.5) is 9.18 Å². The highest BCUT2D eigenvalue weighted by molar-refractivity contribution is 6.05. The standard InChI is InChI=1S/C22H20FN3O4/c1-2-11-24-22(29)26-20(27)13-30-21(28)17-12-19(14-7-9-15(23)10-8-14)25-18-6-4-3-5-16(17)18/h3-10,12H,2,11,13H2,1H3,(H2,24,26,27,29). The molecule has 0 aliphatic heterocycles. The van der Waals surface area contributed by atoms with Gasteiger partial charge in [-0.25, -0.2) is 19.0 Å². The molecule has 0 spiro atoms. The summed E-state index contributed by atoms with van der Waals surface area (Å²) in [7, 11) is 0. The average Bonchev–Trinajstić information content (AvgIpc) is 2.75. The van der Waals surface area contributed by atoms with E-state index in [0.29, 0.717) is 28.7 Å². The van der Waals surface area contributed by atoms with Crippen molar-refractivity contribution >= 4 is 28.8 Å². The fourth-order valence-corrected chi connectivity index (χ4v) is 2.77. The van der Waals surface area contributed by atoms with Crippen molar-refractivity contribution in [2.75, 3.05) is 13.2 Å². The first-order chi connectivity index (χ1) is 14.5. The molecule has 0 atom stereocenters. The molecule has 1 aromatic heterocycles. The van der Waals surface area contributed by atoms with Crippen LogP contribution in [0.15, 0.2) is 54.6 Å². The SMILES string of the molecule is CCCNC(=O)NC(=O)COC(=O)c1cc(-c2ccc(F)cc2)nc2ccccc12. The third kappa shape index (κ3) is 5.16. The summed E-state index contributed by atoms with van der Waals surface area (Å²) in [5.41, 5.74) is 1.85. The monoisotopic (exact) mass is 409 g/mol. The van der Waals surface area contributed by atoms with Crippen molar-refractivity contribution in [2.45, 2.75) is 13.3 Å². The third-order valence-corrected chi connectivity index (χ3v) is 4.20. The van der Waals surface area contributed by atoms with E-state index in [9.17, 15) is 18.8 Å². The van der Waals surface area contributed by atoms with E-state index >= 15 is 0 Å². The molecular formula is C22H20FN3O4. The van der Waals surface area contributed by atoms with Crippen LogP contribution < -0.4 is 10.6 Å². The molecule has 3 amide bonds. The summed E-state index contributed by atoms with van der Waals surface area (Å²) in [4.78, 5) is 40.5. The molecule has 0 saturated carbocycles. The van der Waals surface area contributed by atoms with Gasteiger partial charge in [-0.1, -0.05) is 25.1 Å². The van der Waals surface area contributed by atoms with Crippen LogP contribution in [0.1, 0.15) is 23.7 Å². The maximum Gasteiger partial charge on any atom is 0.339 e. The molecule has 0 fully saturated rings. The van der Waals surface area contributed by atoms with E-state index in [1.165, 1.54) is 18.2 Å². The number of para-hydroxylation sites is 1. The van der Waals surface area contributed by atoms with Gasteiger partial charge in [-0.3, -0.25) is 10.1 Å². The highest BCUT2D eigenvalue weighted by Gasteiger charge is 2.17. The Hall–Kier alpha value is -3.81. The topological polar surface area (TPSA) is 97.4 Å². The second-order valence-corrected chi connectivity index (χ2v) is 6.46. The van der Waals surface area contributed by atoms with Gasteiger partial charge in [0.05, 0.1) is 16.8 Å². The number of hydrogen-bond donors (Lipinski definition) is 2. The Morgan fingerprint density at radius 3 is 2.53 bits per heavy atom. The number of fused-ring (bicyclic) bond motifs is 1. The molecule has 8 heteroatoms. The number of hydrogen-bond acceptors (Lipinski definition) is 5. The van der Waals surface area contributed by atoms with E-state index in [0.717, 1.165) is 6.42 Å². The summed E-state index contributed by atoms with van der Waals surface area (Å²) in [5.74, 6) is -1.86. The predicted molar refractivity (Wildman–Crippen MR) is 109 cm³/mol. The van der Waals surface area contributed by atoms with Crippen LogP contribution in [0, 0.1) is 5.82 Å². The molecule has 1 heterocycles. The minimum absolute atomic E-state index is 0.211. The molecule has 0 bridgehead atoms. The Bertz CT molecular complexity index is 1080. The van der Waals surface area contributed by atoms with Crippen molar-refractivity contribution in [3.63, 3.8) is 0 Å². The number of esters is 1. The number of halogens is 1. The third-order valence-electron chi connectivity index (χ3n) is 4.20. The van der Waals surface area contributed by atoms with Crippen molar-refractivity contribution in [3.05, 3.63) is 66.0 Å². The predicted octanol–water partition coefficient (Wildman–Crippen LogP) is 3.43. The van der Waals surface area contributed by atoms with E-state index in [1.54, 1.807) is 36.4 Å². The lowest BCUT2D eigenvalue weighted by Crippen LogP contribution is -2.41. The lowest BCUT2D eigenvalue weighted by Gasteiger charge is -2.10. The molecule has 0 radical (unpaired) electrons. The summed E-state index contributed by atoms with van der Waals surface area (Å²) >= 11 is 0. The fourth-order valence-electron chi connectivity index (χ4n) is 2.77. The number of urea groups is 1. The van der Waals surface area contributed by atoms with Crippen molar-refractivity contribution in [1.82, 2.24) is 15.6 Å². The van der Waals surface area contributed by atoms with Gasteiger partial charge in [0.2, 0.25) is 0 Å². The Kier molecular flexibility index (Phi) is 6.69. The summed E-state index contributed by atoms with van der Waals surface area (Å²) in [6, 6.07) is 13.6. The largest absolute Gasteiger partial charge is 0.452 e. The first-order valence-electron chi connectivity index (χ1n) is 9.38. The van der Waals surface area contributed by atoms with Gasteiger partial charge < -0.3 is 10.1 Å². The average molecular weight is 409 g/mol. The Labute approximate surface area is 172 Å². The molecule has 30 heavy (non-hydrogen) atoms. The molecule has 2 N–H and O–H groups in total. The van der Waals surface area contributed by atoms with Gasteiger partial charge in [-0.2, -0.15) is 0 Å². The van der Waals surface area contributed by atoms with Crippen LogP contribution in [0.5, 0.6) is 0 Å². The maximum atomic E-state index is 13.2. The molecular weight excluding hydrogens is 389 g/mol. The van der Waals surface area contributed by atoms with Crippen molar-refractivity contribution in [3.8, 4) is 11.3 Å². The summed E-state index contributed by atoms with van der Waals surface area (Å²) in [6.45, 7) is 1.69. The number of rotatable bonds is 6. The van der Waals surface area contributed by atoms with Gasteiger partial charge in [0.15, 0.2) is 6.61 Å². The number of aromatic nitrogens is 1. The fraction of sp³-hybridized carbons (Fsp3) is 0.182. The van der Waals surface area contributed by atoms with E-state index in [4.69, 9.17) is 4.74 Å². The van der Waals surface area contributed by atoms with Crippen LogP contribution in [0.2, 0.25) is 0 Å². The normalized spacial score (nSPS) is 10.5. The van der Waals surface area contributed by atoms with Crippen molar-refractivity contribution in [2.24, 2.45) is 0 Å². The highest BCUT2D eigenvalue weighted by atomic mass is 19.1. The van der Waals surface area contributed by atoms with E-state index < -0.39 is 24.5 Å². The Morgan fingerprint density at radius 2 is 1.80 bits per heavy atom. The number of benzene rings is 2. The number of ether oxygens (including phenoxy) is 1. The quantitative estimate of drug-likeness (QED) is 0.608. The van der Waals surface area contributed by atoms with E-state index in [1.807, 2.05) is 6.92 Å². The second-order valence-electron chi connectivity index (χ2n) is 6.46. The van der Waals surface area contributed by atoms with Crippen LogP contribution in [-0.2, 0) is 9.53 Å². The second kappa shape index (κ2) is 9.60. The van der Waals surface area contributed by atoms with E-state index in [2.05, 4.69) is 15.6 Å². The zero-order valence-electron chi connectivity index (χ0n) is 16.3.